The molecule has 1 aliphatic rings. The van der Waals surface area contributed by atoms with Crippen LogP contribution in [0.4, 0.5) is 0 Å². The molecule has 2 aromatic rings. The van der Waals surface area contributed by atoms with E-state index in [1.54, 1.807) is 43.3 Å². The molecule has 29 heavy (non-hydrogen) atoms. The number of nitrogens with zero attached hydrogens (tertiary/aromatic N) is 1. The number of ether oxygens (including phenoxy) is 3. The van der Waals surface area contributed by atoms with Crippen LogP contribution in [-0.4, -0.2) is 24.4 Å². The molecule has 0 amide bonds. The van der Waals surface area contributed by atoms with Crippen LogP contribution in [0.5, 0.6) is 11.5 Å². The first-order chi connectivity index (χ1) is 13.9. The van der Waals surface area contributed by atoms with Gasteiger partial charge in [-0.25, -0.2) is 9.79 Å². The molecule has 1 aliphatic heterocycles. The maximum absolute atomic E-state index is 12.3. The number of carbonyl (C=O) groups excluding carboxylic acids is 2. The first-order valence-corrected chi connectivity index (χ1v) is 10.3. The van der Waals surface area contributed by atoms with Crippen molar-refractivity contribution in [3.8, 4) is 11.5 Å². The van der Waals surface area contributed by atoms with Crippen LogP contribution >= 0.6 is 34.2 Å². The summed E-state index contributed by atoms with van der Waals surface area (Å²) in [6.07, 6.45) is 1.83. The van der Waals surface area contributed by atoms with Gasteiger partial charge in [0.05, 0.1) is 17.2 Å². The molecule has 0 atom stereocenters. The number of hydrogen-bond acceptors (Lipinski definition) is 6. The third-order valence-corrected chi connectivity index (χ3v) is 4.86. The van der Waals surface area contributed by atoms with E-state index in [2.05, 4.69) is 27.6 Å². The van der Waals surface area contributed by atoms with Gasteiger partial charge in [0.25, 0.3) is 0 Å². The number of benzene rings is 2. The molecule has 0 N–H and O–H groups in total. The molecule has 150 valence electrons. The maximum Gasteiger partial charge on any atom is 0.363 e. The molecule has 8 heteroatoms. The van der Waals surface area contributed by atoms with Gasteiger partial charge in [0.15, 0.2) is 17.2 Å². The largest absolute Gasteiger partial charge is 0.490 e. The summed E-state index contributed by atoms with van der Waals surface area (Å²) < 4.78 is 17.1. The fraction of sp³-hybridized carbons (Fsp3) is 0.190. The third kappa shape index (κ3) is 5.16. The molecule has 0 aromatic heterocycles. The van der Waals surface area contributed by atoms with E-state index in [0.29, 0.717) is 34.3 Å². The zero-order valence-electron chi connectivity index (χ0n) is 15.7. The Morgan fingerprint density at radius 3 is 2.72 bits per heavy atom. The smallest absolute Gasteiger partial charge is 0.363 e. The van der Waals surface area contributed by atoms with Crippen LogP contribution in [0.1, 0.15) is 31.4 Å². The van der Waals surface area contributed by atoms with Gasteiger partial charge in [-0.15, -0.1) is 0 Å². The van der Waals surface area contributed by atoms with Crippen LogP contribution in [0.15, 0.2) is 47.1 Å². The molecule has 0 saturated carbocycles. The van der Waals surface area contributed by atoms with Crippen molar-refractivity contribution in [2.45, 2.75) is 20.3 Å². The Kier molecular flexibility index (Phi) is 6.92. The summed E-state index contributed by atoms with van der Waals surface area (Å²) in [5.74, 6) is -0.0535. The first kappa shape index (κ1) is 21.3. The number of aliphatic imine (C=N–C) groups is 1. The Balaban J connectivity index is 1.93. The zero-order chi connectivity index (χ0) is 21.0. The highest BCUT2D eigenvalue weighted by atomic mass is 127. The molecular weight excluding hydrogens is 509 g/mol. The highest BCUT2D eigenvalue weighted by Crippen LogP contribution is 2.31. The van der Waals surface area contributed by atoms with Crippen molar-refractivity contribution in [2.24, 2.45) is 4.99 Å². The van der Waals surface area contributed by atoms with Crippen LogP contribution in [0.3, 0.4) is 0 Å². The summed E-state index contributed by atoms with van der Waals surface area (Å²) >= 11 is 8.35. The number of cyclic esters (lactones) is 1. The van der Waals surface area contributed by atoms with Crippen molar-refractivity contribution in [3.63, 3.8) is 0 Å². The van der Waals surface area contributed by atoms with Gasteiger partial charge < -0.3 is 14.2 Å². The summed E-state index contributed by atoms with van der Waals surface area (Å²) in [5.41, 5.74) is 1.33. The van der Waals surface area contributed by atoms with Crippen LogP contribution in [0.2, 0.25) is 5.02 Å². The van der Waals surface area contributed by atoms with E-state index in [0.717, 1.165) is 3.57 Å². The highest BCUT2D eigenvalue weighted by Gasteiger charge is 2.26. The number of carbonyl (C=O) groups is 2. The molecule has 0 saturated heterocycles. The Bertz CT molecular complexity index is 1030. The van der Waals surface area contributed by atoms with Crippen molar-refractivity contribution in [3.05, 3.63) is 61.8 Å². The Hall–Kier alpha value is -2.39. The van der Waals surface area contributed by atoms with E-state index in [-0.39, 0.29) is 24.0 Å². The molecular formula is C21H17ClINO5. The molecule has 0 radical (unpaired) electrons. The van der Waals surface area contributed by atoms with Crippen molar-refractivity contribution < 1.29 is 23.8 Å². The molecule has 0 fully saturated rings. The molecule has 0 bridgehead atoms. The fourth-order valence-corrected chi connectivity index (χ4v) is 3.20. The molecule has 6 nitrogen and oxygen atoms in total. The van der Waals surface area contributed by atoms with Crippen molar-refractivity contribution >= 4 is 58.1 Å². The number of esters is 2. The number of halogens is 2. The molecule has 0 unspecified atom stereocenters. The van der Waals surface area contributed by atoms with Crippen LogP contribution in [0.25, 0.3) is 6.08 Å². The highest BCUT2D eigenvalue weighted by molar-refractivity contribution is 14.1. The second-order valence-corrected chi connectivity index (χ2v) is 7.58. The monoisotopic (exact) mass is 525 g/mol. The Morgan fingerprint density at radius 2 is 2.00 bits per heavy atom. The van der Waals surface area contributed by atoms with Gasteiger partial charge in [-0.1, -0.05) is 24.6 Å². The van der Waals surface area contributed by atoms with Gasteiger partial charge in [0.2, 0.25) is 5.90 Å². The second-order valence-electron chi connectivity index (χ2n) is 5.93. The van der Waals surface area contributed by atoms with E-state index in [9.17, 15) is 9.59 Å². The summed E-state index contributed by atoms with van der Waals surface area (Å²) in [5, 5.41) is 0.443. The number of hydrogen-bond donors (Lipinski definition) is 0. The molecule has 2 aromatic carbocycles. The van der Waals surface area contributed by atoms with Gasteiger partial charge in [0.1, 0.15) is 0 Å². The average Bonchev–Trinajstić information content (AvgIpc) is 3.06. The Morgan fingerprint density at radius 1 is 1.21 bits per heavy atom. The minimum absolute atomic E-state index is 0.135. The molecule has 0 spiro atoms. The first-order valence-electron chi connectivity index (χ1n) is 8.86. The lowest BCUT2D eigenvalue weighted by Gasteiger charge is -2.10. The third-order valence-electron chi connectivity index (χ3n) is 3.86. The van der Waals surface area contributed by atoms with Gasteiger partial charge >= 0.3 is 11.9 Å². The van der Waals surface area contributed by atoms with E-state index >= 15 is 0 Å². The summed E-state index contributed by atoms with van der Waals surface area (Å²) in [6.45, 7) is 3.93. The van der Waals surface area contributed by atoms with E-state index in [1.807, 2.05) is 13.0 Å². The van der Waals surface area contributed by atoms with Crippen LogP contribution in [0, 0.1) is 3.57 Å². The maximum atomic E-state index is 12.3. The lowest BCUT2D eigenvalue weighted by Crippen LogP contribution is -2.07. The number of rotatable bonds is 6. The van der Waals surface area contributed by atoms with Crippen LogP contribution in [-0.2, 0) is 14.3 Å². The van der Waals surface area contributed by atoms with E-state index in [1.165, 1.54) is 0 Å². The summed E-state index contributed by atoms with van der Waals surface area (Å²) in [7, 11) is 0. The van der Waals surface area contributed by atoms with E-state index in [4.69, 9.17) is 25.8 Å². The standard InChI is InChI=1S/C21H17ClINO5/c1-3-19(25)28-17-8-5-12(10-18(17)27-4-2)9-16-21(26)29-20(24-16)14-11-13(23)6-7-15(14)22/h5-11H,3-4H2,1-2H3/b16-9-. The predicted molar refractivity (Wildman–Crippen MR) is 118 cm³/mol. The SMILES string of the molecule is CCOc1cc(/C=C2\N=C(c3cc(I)ccc3Cl)OC2=O)ccc1OC(=O)CC. The lowest BCUT2D eigenvalue weighted by molar-refractivity contribution is -0.134. The fourth-order valence-electron chi connectivity index (χ4n) is 2.51. The summed E-state index contributed by atoms with van der Waals surface area (Å²) in [6, 6.07) is 10.4. The zero-order valence-corrected chi connectivity index (χ0v) is 18.6. The lowest BCUT2D eigenvalue weighted by atomic mass is 10.1. The Labute approximate surface area is 186 Å². The predicted octanol–water partition coefficient (Wildman–Crippen LogP) is 5.00. The molecule has 1 heterocycles. The van der Waals surface area contributed by atoms with Crippen LogP contribution < -0.4 is 9.47 Å². The van der Waals surface area contributed by atoms with Crippen molar-refractivity contribution in [1.82, 2.24) is 0 Å². The van der Waals surface area contributed by atoms with Gasteiger partial charge in [0, 0.05) is 9.99 Å². The van der Waals surface area contributed by atoms with Gasteiger partial charge in [-0.2, -0.15) is 0 Å². The topological polar surface area (TPSA) is 74.2 Å². The second kappa shape index (κ2) is 9.41. The minimum Gasteiger partial charge on any atom is -0.490 e. The van der Waals surface area contributed by atoms with E-state index < -0.39 is 5.97 Å². The van der Waals surface area contributed by atoms with Gasteiger partial charge in [-0.3, -0.25) is 4.79 Å². The summed E-state index contributed by atoms with van der Waals surface area (Å²) in [4.78, 5) is 28.1. The minimum atomic E-state index is -0.575. The van der Waals surface area contributed by atoms with Gasteiger partial charge in [-0.05, 0) is 71.5 Å². The van der Waals surface area contributed by atoms with Crippen molar-refractivity contribution in [2.75, 3.05) is 6.61 Å². The normalized spacial score (nSPS) is 14.6. The molecule has 0 aliphatic carbocycles. The quantitative estimate of drug-likeness (QED) is 0.230. The molecule has 3 rings (SSSR count). The van der Waals surface area contributed by atoms with Crippen molar-refractivity contribution in [1.29, 1.82) is 0 Å². The average molecular weight is 526 g/mol.